The van der Waals surface area contributed by atoms with Crippen LogP contribution in [0.1, 0.15) is 5.82 Å². The van der Waals surface area contributed by atoms with Gasteiger partial charge >= 0.3 is 0 Å². The molecule has 0 bridgehead atoms. The first-order chi connectivity index (χ1) is 10.1. The van der Waals surface area contributed by atoms with E-state index in [9.17, 15) is 0 Å². The summed E-state index contributed by atoms with van der Waals surface area (Å²) in [6.07, 6.45) is 0. The van der Waals surface area contributed by atoms with Crippen molar-refractivity contribution < 1.29 is 4.74 Å². The molecule has 0 amide bonds. The molecule has 0 spiro atoms. The van der Waals surface area contributed by atoms with Gasteiger partial charge in [-0.3, -0.25) is 0 Å². The number of pyridine rings is 1. The maximum absolute atomic E-state index is 5.67. The molecule has 0 aliphatic rings. The highest BCUT2D eigenvalue weighted by molar-refractivity contribution is 5.73. The topological polar surface area (TPSA) is 80.1 Å². The van der Waals surface area contributed by atoms with E-state index >= 15 is 0 Å². The van der Waals surface area contributed by atoms with Gasteiger partial charge in [-0.1, -0.05) is 0 Å². The van der Waals surface area contributed by atoms with Crippen molar-refractivity contribution in [3.8, 4) is 5.75 Å². The van der Waals surface area contributed by atoms with Crippen LogP contribution in [0.25, 0.3) is 11.2 Å². The Balaban J connectivity index is 1.76. The lowest BCUT2D eigenvalue weighted by atomic mass is 10.3. The summed E-state index contributed by atoms with van der Waals surface area (Å²) in [5, 5.41) is 0. The standard InChI is InChI=1S/C15H17N5O/c1-20(2)14-8-7-12-15(19-14)18-13(17-12)9-21-11-5-3-10(16)4-6-11/h3-8H,9,16H2,1-2H3,(H,17,18,19). The number of hydrogen-bond donors (Lipinski definition) is 2. The van der Waals surface area contributed by atoms with Crippen LogP contribution in [0.3, 0.4) is 0 Å². The highest BCUT2D eigenvalue weighted by atomic mass is 16.5. The lowest BCUT2D eigenvalue weighted by molar-refractivity contribution is 0.297. The molecule has 21 heavy (non-hydrogen) atoms. The van der Waals surface area contributed by atoms with Crippen molar-refractivity contribution in [2.24, 2.45) is 0 Å². The van der Waals surface area contributed by atoms with Crippen LogP contribution >= 0.6 is 0 Å². The number of anilines is 2. The van der Waals surface area contributed by atoms with Gasteiger partial charge in [0.2, 0.25) is 0 Å². The largest absolute Gasteiger partial charge is 0.486 e. The Labute approximate surface area is 122 Å². The molecule has 108 valence electrons. The maximum Gasteiger partial charge on any atom is 0.179 e. The van der Waals surface area contributed by atoms with Crippen LogP contribution in [0.15, 0.2) is 36.4 Å². The number of fused-ring (bicyclic) bond motifs is 1. The fraction of sp³-hybridized carbons (Fsp3) is 0.200. The molecule has 2 heterocycles. The third kappa shape index (κ3) is 2.89. The summed E-state index contributed by atoms with van der Waals surface area (Å²) in [7, 11) is 3.90. The number of aromatic nitrogens is 3. The van der Waals surface area contributed by atoms with Crippen LogP contribution in [0, 0.1) is 0 Å². The first kappa shape index (κ1) is 13.2. The normalized spacial score (nSPS) is 10.8. The minimum atomic E-state index is 0.359. The Kier molecular flexibility index (Phi) is 3.35. The van der Waals surface area contributed by atoms with Gasteiger partial charge in [-0.15, -0.1) is 0 Å². The molecule has 0 atom stereocenters. The van der Waals surface area contributed by atoms with E-state index in [-0.39, 0.29) is 0 Å². The number of imidazole rings is 1. The van der Waals surface area contributed by atoms with E-state index < -0.39 is 0 Å². The molecular formula is C15H17N5O. The molecule has 6 nitrogen and oxygen atoms in total. The van der Waals surface area contributed by atoms with Gasteiger partial charge in [-0.05, 0) is 36.4 Å². The second-order valence-corrected chi connectivity index (χ2v) is 4.98. The molecule has 6 heteroatoms. The second kappa shape index (κ2) is 5.32. The molecule has 3 aromatic rings. The monoisotopic (exact) mass is 283 g/mol. The van der Waals surface area contributed by atoms with Gasteiger partial charge in [0, 0.05) is 19.8 Å². The predicted molar refractivity (Wildman–Crippen MR) is 83.4 cm³/mol. The van der Waals surface area contributed by atoms with Gasteiger partial charge in [0.25, 0.3) is 0 Å². The SMILES string of the molecule is CN(C)c1ccc2[nH]c(COc3ccc(N)cc3)nc2n1. The molecule has 3 rings (SSSR count). The number of H-pyrrole nitrogens is 1. The Hall–Kier alpha value is -2.76. The van der Waals surface area contributed by atoms with E-state index in [2.05, 4.69) is 15.0 Å². The Morgan fingerprint density at radius 1 is 1.10 bits per heavy atom. The molecule has 0 aliphatic heterocycles. The van der Waals surface area contributed by atoms with Gasteiger partial charge in [-0.2, -0.15) is 0 Å². The van der Waals surface area contributed by atoms with Crippen LogP contribution in [0.4, 0.5) is 11.5 Å². The van der Waals surface area contributed by atoms with Crippen molar-refractivity contribution in [3.05, 3.63) is 42.2 Å². The zero-order valence-corrected chi connectivity index (χ0v) is 12.0. The summed E-state index contributed by atoms with van der Waals surface area (Å²) >= 11 is 0. The molecule has 0 aliphatic carbocycles. The van der Waals surface area contributed by atoms with Crippen molar-refractivity contribution >= 4 is 22.7 Å². The van der Waals surface area contributed by atoms with Gasteiger partial charge in [0.1, 0.15) is 24.0 Å². The first-order valence-electron chi connectivity index (χ1n) is 6.63. The predicted octanol–water partition coefficient (Wildman–Crippen LogP) is 2.19. The highest BCUT2D eigenvalue weighted by Crippen LogP contribution is 2.17. The zero-order valence-electron chi connectivity index (χ0n) is 12.0. The van der Waals surface area contributed by atoms with Gasteiger partial charge in [0.15, 0.2) is 5.65 Å². The zero-order chi connectivity index (χ0) is 14.8. The molecule has 1 aromatic carbocycles. The summed E-state index contributed by atoms with van der Waals surface area (Å²) in [5.74, 6) is 2.37. The van der Waals surface area contributed by atoms with Crippen LogP contribution in [-0.2, 0) is 6.61 Å². The fourth-order valence-electron chi connectivity index (χ4n) is 1.97. The van der Waals surface area contributed by atoms with E-state index in [0.717, 1.165) is 22.9 Å². The molecule has 0 saturated heterocycles. The maximum atomic E-state index is 5.67. The van der Waals surface area contributed by atoms with Crippen LogP contribution < -0.4 is 15.4 Å². The smallest absolute Gasteiger partial charge is 0.179 e. The summed E-state index contributed by atoms with van der Waals surface area (Å²) in [4.78, 5) is 14.1. The molecule has 2 aromatic heterocycles. The van der Waals surface area contributed by atoms with E-state index in [4.69, 9.17) is 10.5 Å². The molecule has 0 fully saturated rings. The average molecular weight is 283 g/mol. The summed E-state index contributed by atoms with van der Waals surface area (Å²) in [6, 6.07) is 11.2. The highest BCUT2D eigenvalue weighted by Gasteiger charge is 2.07. The van der Waals surface area contributed by atoms with Crippen LogP contribution in [0.2, 0.25) is 0 Å². The minimum absolute atomic E-state index is 0.359. The fourth-order valence-corrected chi connectivity index (χ4v) is 1.97. The number of nitrogen functional groups attached to an aromatic ring is 1. The van der Waals surface area contributed by atoms with Gasteiger partial charge < -0.3 is 20.4 Å². The van der Waals surface area contributed by atoms with Crippen molar-refractivity contribution in [2.45, 2.75) is 6.61 Å². The van der Waals surface area contributed by atoms with Gasteiger partial charge in [0.05, 0.1) is 5.52 Å². The Morgan fingerprint density at radius 2 is 1.86 bits per heavy atom. The minimum Gasteiger partial charge on any atom is -0.486 e. The number of benzene rings is 1. The summed E-state index contributed by atoms with van der Waals surface area (Å²) < 4.78 is 5.67. The number of nitrogens with zero attached hydrogens (tertiary/aromatic N) is 3. The third-order valence-electron chi connectivity index (χ3n) is 3.09. The van der Waals surface area contributed by atoms with E-state index in [1.807, 2.05) is 43.3 Å². The Morgan fingerprint density at radius 3 is 2.57 bits per heavy atom. The lowest BCUT2D eigenvalue weighted by Crippen LogP contribution is -2.10. The second-order valence-electron chi connectivity index (χ2n) is 4.98. The van der Waals surface area contributed by atoms with E-state index in [1.54, 1.807) is 12.1 Å². The van der Waals surface area contributed by atoms with E-state index in [1.165, 1.54) is 0 Å². The van der Waals surface area contributed by atoms with Crippen molar-refractivity contribution in [1.29, 1.82) is 0 Å². The molecule has 0 radical (unpaired) electrons. The number of aromatic amines is 1. The average Bonchev–Trinajstić information content (AvgIpc) is 2.88. The van der Waals surface area contributed by atoms with Crippen molar-refractivity contribution in [2.75, 3.05) is 24.7 Å². The van der Waals surface area contributed by atoms with Crippen molar-refractivity contribution in [1.82, 2.24) is 15.0 Å². The number of hydrogen-bond acceptors (Lipinski definition) is 5. The summed E-state index contributed by atoms with van der Waals surface area (Å²) in [5.41, 5.74) is 7.94. The van der Waals surface area contributed by atoms with Crippen LogP contribution in [-0.4, -0.2) is 29.0 Å². The van der Waals surface area contributed by atoms with Crippen molar-refractivity contribution in [3.63, 3.8) is 0 Å². The third-order valence-corrected chi connectivity index (χ3v) is 3.09. The number of ether oxygens (including phenoxy) is 1. The first-order valence-corrected chi connectivity index (χ1v) is 6.63. The number of rotatable bonds is 4. The quantitative estimate of drug-likeness (QED) is 0.717. The van der Waals surface area contributed by atoms with E-state index in [0.29, 0.717) is 17.9 Å². The summed E-state index contributed by atoms with van der Waals surface area (Å²) in [6.45, 7) is 0.359. The number of nitrogens with two attached hydrogens (primary N) is 1. The molecule has 3 N–H and O–H groups in total. The molecular weight excluding hydrogens is 266 g/mol. The molecule has 0 unspecified atom stereocenters. The lowest BCUT2D eigenvalue weighted by Gasteiger charge is -2.09. The number of nitrogens with one attached hydrogen (secondary N) is 1. The van der Waals surface area contributed by atoms with Gasteiger partial charge in [-0.25, -0.2) is 9.97 Å². The van der Waals surface area contributed by atoms with Crippen LogP contribution in [0.5, 0.6) is 5.75 Å². The molecule has 0 saturated carbocycles. The Bertz CT molecular complexity index is 748.